The molecule has 0 radical (unpaired) electrons. The van der Waals surface area contributed by atoms with Gasteiger partial charge in [-0.2, -0.15) is 0 Å². The smallest absolute Gasteiger partial charge is 0.395 e. The van der Waals surface area contributed by atoms with E-state index in [4.69, 9.17) is 0 Å². The van der Waals surface area contributed by atoms with Gasteiger partial charge in [-0.25, -0.2) is 0 Å². The van der Waals surface area contributed by atoms with Crippen molar-refractivity contribution >= 4 is 5.91 Å². The summed E-state index contributed by atoms with van der Waals surface area (Å²) in [6.45, 7) is 0. The molecule has 2 fully saturated rings. The van der Waals surface area contributed by atoms with E-state index in [0.717, 1.165) is 25.7 Å². The third-order valence-corrected chi connectivity index (χ3v) is 4.47. The number of amides is 1. The molecule has 2 bridgehead atoms. The Hall–Kier alpha value is -1.89. The van der Waals surface area contributed by atoms with E-state index < -0.39 is 6.29 Å². The number of fused-ring (bicyclic) bond motifs is 3. The number of halogens is 2. The van der Waals surface area contributed by atoms with Crippen LogP contribution >= 0.6 is 0 Å². The van der Waals surface area contributed by atoms with E-state index in [1.807, 2.05) is 0 Å². The average molecular weight is 310 g/mol. The highest BCUT2D eigenvalue weighted by Crippen LogP contribution is 2.41. The molecule has 1 amide bonds. The number of benzene rings is 1. The summed E-state index contributed by atoms with van der Waals surface area (Å²) in [5, 5.41) is 6.49. The molecule has 0 saturated carbocycles. The van der Waals surface area contributed by atoms with Crippen molar-refractivity contribution in [3.8, 4) is 11.5 Å². The van der Waals surface area contributed by atoms with E-state index in [2.05, 4.69) is 20.1 Å². The Morgan fingerprint density at radius 1 is 1.18 bits per heavy atom. The molecule has 1 aromatic carbocycles. The Morgan fingerprint density at radius 3 is 2.59 bits per heavy atom. The van der Waals surface area contributed by atoms with Crippen molar-refractivity contribution in [2.24, 2.45) is 0 Å². The van der Waals surface area contributed by atoms with E-state index in [-0.39, 0.29) is 23.4 Å². The quantitative estimate of drug-likeness (QED) is 0.877. The lowest BCUT2D eigenvalue weighted by Crippen LogP contribution is -2.48. The molecule has 0 aromatic heterocycles. The van der Waals surface area contributed by atoms with Crippen molar-refractivity contribution in [2.75, 3.05) is 0 Å². The Labute approximate surface area is 126 Å². The fraction of sp³-hybridized carbons (Fsp3) is 0.533. The lowest BCUT2D eigenvalue weighted by atomic mass is 9.99. The SMILES string of the molecule is O=C(N[C@H]1C[C@H]2CC[C@@H](C1)N2)c1ccc2c(c1)OC(F)(F)O2. The lowest BCUT2D eigenvalue weighted by Gasteiger charge is -2.29. The summed E-state index contributed by atoms with van der Waals surface area (Å²) in [6, 6.07) is 5.16. The van der Waals surface area contributed by atoms with Gasteiger partial charge >= 0.3 is 6.29 Å². The minimum atomic E-state index is -3.66. The summed E-state index contributed by atoms with van der Waals surface area (Å²) in [5.74, 6) is -0.433. The first-order valence-electron chi connectivity index (χ1n) is 7.45. The largest absolute Gasteiger partial charge is 0.586 e. The first kappa shape index (κ1) is 13.8. The van der Waals surface area contributed by atoms with Gasteiger partial charge < -0.3 is 20.1 Å². The normalized spacial score (nSPS) is 31.1. The second-order valence-electron chi connectivity index (χ2n) is 6.11. The molecule has 2 N–H and O–H groups in total. The first-order valence-corrected chi connectivity index (χ1v) is 7.45. The van der Waals surface area contributed by atoms with Crippen LogP contribution in [0.4, 0.5) is 8.78 Å². The number of carbonyl (C=O) groups is 1. The summed E-state index contributed by atoms with van der Waals surface area (Å²) < 4.78 is 34.7. The summed E-state index contributed by atoms with van der Waals surface area (Å²) in [4.78, 5) is 12.3. The van der Waals surface area contributed by atoms with Crippen LogP contribution in [0.3, 0.4) is 0 Å². The van der Waals surface area contributed by atoms with Crippen molar-refractivity contribution in [1.82, 2.24) is 10.6 Å². The zero-order chi connectivity index (χ0) is 15.3. The maximum atomic E-state index is 13.0. The Morgan fingerprint density at radius 2 is 1.86 bits per heavy atom. The van der Waals surface area contributed by atoms with Crippen molar-refractivity contribution in [2.45, 2.75) is 50.1 Å². The number of nitrogens with one attached hydrogen (secondary N) is 2. The van der Waals surface area contributed by atoms with Crippen LogP contribution in [0.1, 0.15) is 36.0 Å². The van der Waals surface area contributed by atoms with Crippen molar-refractivity contribution < 1.29 is 23.0 Å². The van der Waals surface area contributed by atoms with Gasteiger partial charge in [0.05, 0.1) is 0 Å². The maximum absolute atomic E-state index is 13.0. The topological polar surface area (TPSA) is 59.6 Å². The molecule has 0 aliphatic carbocycles. The second kappa shape index (κ2) is 4.81. The second-order valence-corrected chi connectivity index (χ2v) is 6.11. The molecule has 22 heavy (non-hydrogen) atoms. The van der Waals surface area contributed by atoms with Crippen molar-refractivity contribution in [3.63, 3.8) is 0 Å². The minimum Gasteiger partial charge on any atom is -0.395 e. The van der Waals surface area contributed by atoms with Gasteiger partial charge in [-0.15, -0.1) is 8.78 Å². The average Bonchev–Trinajstić information content (AvgIpc) is 2.95. The maximum Gasteiger partial charge on any atom is 0.586 e. The van der Waals surface area contributed by atoms with Crippen LogP contribution in [0.25, 0.3) is 0 Å². The number of alkyl halides is 2. The molecular weight excluding hydrogens is 294 g/mol. The van der Waals surface area contributed by atoms with E-state index in [1.54, 1.807) is 0 Å². The van der Waals surface area contributed by atoms with Gasteiger partial charge in [0.25, 0.3) is 5.91 Å². The van der Waals surface area contributed by atoms with Crippen molar-refractivity contribution in [1.29, 1.82) is 0 Å². The third-order valence-electron chi connectivity index (χ3n) is 4.47. The van der Waals surface area contributed by atoms with E-state index >= 15 is 0 Å². The zero-order valence-corrected chi connectivity index (χ0v) is 11.8. The third kappa shape index (κ3) is 2.49. The molecule has 7 heteroatoms. The van der Waals surface area contributed by atoms with Crippen LogP contribution in [0.15, 0.2) is 18.2 Å². The van der Waals surface area contributed by atoms with Gasteiger partial charge in [0.15, 0.2) is 11.5 Å². The highest BCUT2D eigenvalue weighted by atomic mass is 19.3. The van der Waals surface area contributed by atoms with Gasteiger partial charge in [0, 0.05) is 23.7 Å². The summed E-state index contributed by atoms with van der Waals surface area (Å²) >= 11 is 0. The molecule has 3 atom stereocenters. The molecule has 0 spiro atoms. The number of carbonyl (C=O) groups excluding carboxylic acids is 1. The number of hydrogen-bond acceptors (Lipinski definition) is 4. The number of rotatable bonds is 2. The van der Waals surface area contributed by atoms with Crippen molar-refractivity contribution in [3.05, 3.63) is 23.8 Å². The summed E-state index contributed by atoms with van der Waals surface area (Å²) in [7, 11) is 0. The Balaban J connectivity index is 1.45. The molecule has 5 nitrogen and oxygen atoms in total. The van der Waals surface area contributed by atoms with E-state index in [0.29, 0.717) is 17.6 Å². The van der Waals surface area contributed by atoms with E-state index in [1.165, 1.54) is 18.2 Å². The predicted octanol–water partition coefficient (Wildman–Crippen LogP) is 2.02. The molecule has 3 aliphatic heterocycles. The van der Waals surface area contributed by atoms with Crippen LogP contribution in [0, 0.1) is 0 Å². The number of hydrogen-bond donors (Lipinski definition) is 2. The standard InChI is InChI=1S/C15H16F2N2O3/c16-15(17)21-12-4-1-8(5-13(12)22-15)14(20)19-11-6-9-2-3-10(7-11)18-9/h1,4-5,9-11,18H,2-3,6-7H2,(H,19,20)/t9-,10+,11+. The van der Waals surface area contributed by atoms with Gasteiger partial charge in [0.2, 0.25) is 0 Å². The van der Waals surface area contributed by atoms with Crippen LogP contribution in [-0.2, 0) is 0 Å². The molecule has 1 aromatic rings. The van der Waals surface area contributed by atoms with Crippen LogP contribution in [0.5, 0.6) is 11.5 Å². The first-order chi connectivity index (χ1) is 10.5. The van der Waals surface area contributed by atoms with Gasteiger partial charge in [-0.05, 0) is 43.9 Å². The number of ether oxygens (including phenoxy) is 2. The van der Waals surface area contributed by atoms with Gasteiger partial charge in [-0.1, -0.05) is 0 Å². The molecule has 2 saturated heterocycles. The number of piperidine rings is 1. The molecule has 118 valence electrons. The van der Waals surface area contributed by atoms with Gasteiger partial charge in [0.1, 0.15) is 0 Å². The predicted molar refractivity (Wildman–Crippen MR) is 73.1 cm³/mol. The van der Waals surface area contributed by atoms with Gasteiger partial charge in [-0.3, -0.25) is 4.79 Å². The molecular formula is C15H16F2N2O3. The van der Waals surface area contributed by atoms with Crippen LogP contribution in [0.2, 0.25) is 0 Å². The Bertz CT molecular complexity index is 611. The molecule has 3 aliphatic rings. The molecule has 4 rings (SSSR count). The summed E-state index contributed by atoms with van der Waals surface area (Å²) in [6.07, 6.45) is 0.452. The molecule has 0 unspecified atom stereocenters. The van der Waals surface area contributed by atoms with E-state index in [9.17, 15) is 13.6 Å². The minimum absolute atomic E-state index is 0.0542. The fourth-order valence-electron chi connectivity index (χ4n) is 3.53. The van der Waals surface area contributed by atoms with Crippen LogP contribution < -0.4 is 20.1 Å². The van der Waals surface area contributed by atoms with Crippen LogP contribution in [-0.4, -0.2) is 30.3 Å². The monoisotopic (exact) mass is 310 g/mol. The Kier molecular flexibility index (Phi) is 3.00. The highest BCUT2D eigenvalue weighted by molar-refractivity contribution is 5.95. The fourth-order valence-corrected chi connectivity index (χ4v) is 3.53. The summed E-state index contributed by atoms with van der Waals surface area (Å²) in [5.41, 5.74) is 0.297. The molecule has 3 heterocycles. The lowest BCUT2D eigenvalue weighted by molar-refractivity contribution is -0.286. The highest BCUT2D eigenvalue weighted by Gasteiger charge is 2.43. The zero-order valence-electron chi connectivity index (χ0n) is 11.8.